The summed E-state index contributed by atoms with van der Waals surface area (Å²) in [5.41, 5.74) is 1.78. The van der Waals surface area contributed by atoms with E-state index in [1.807, 2.05) is 58.0 Å². The summed E-state index contributed by atoms with van der Waals surface area (Å²) in [5.74, 6) is 1.01. The molecule has 2 heterocycles. The van der Waals surface area contributed by atoms with Crippen LogP contribution in [0.15, 0.2) is 47.7 Å². The molecule has 0 spiro atoms. The first kappa shape index (κ1) is 22.5. The number of esters is 1. The van der Waals surface area contributed by atoms with E-state index in [1.54, 1.807) is 6.08 Å². The fraction of sp³-hybridized carbons (Fsp3) is 0.400. The lowest BCUT2D eigenvalue weighted by Gasteiger charge is -2.19. The number of benzene rings is 1. The SMILES string of the molecule is C=Cc1c(-c2ccccc2)oc2ncnc(O[C@H](C)CCCCC(=O)OC(C)(C)C)c12. The Hall–Kier alpha value is -3.15. The largest absolute Gasteiger partial charge is 0.474 e. The molecule has 31 heavy (non-hydrogen) atoms. The number of rotatable bonds is 9. The number of nitrogens with zero attached hydrogens (tertiary/aromatic N) is 2. The van der Waals surface area contributed by atoms with Crippen molar-refractivity contribution in [2.45, 2.75) is 65.1 Å². The van der Waals surface area contributed by atoms with Crippen molar-refractivity contribution in [3.63, 3.8) is 0 Å². The second-order valence-corrected chi connectivity index (χ2v) is 8.53. The van der Waals surface area contributed by atoms with Crippen molar-refractivity contribution in [1.29, 1.82) is 0 Å². The molecular weight excluding hydrogens is 392 g/mol. The third-order valence-electron chi connectivity index (χ3n) is 4.70. The average molecular weight is 423 g/mol. The zero-order valence-corrected chi connectivity index (χ0v) is 18.7. The van der Waals surface area contributed by atoms with Crippen LogP contribution in [0.25, 0.3) is 28.5 Å². The van der Waals surface area contributed by atoms with Crippen molar-refractivity contribution in [1.82, 2.24) is 9.97 Å². The summed E-state index contributed by atoms with van der Waals surface area (Å²) in [4.78, 5) is 20.5. The van der Waals surface area contributed by atoms with Crippen LogP contribution in [0.2, 0.25) is 0 Å². The van der Waals surface area contributed by atoms with Crippen LogP contribution in [-0.4, -0.2) is 27.6 Å². The third-order valence-corrected chi connectivity index (χ3v) is 4.70. The summed E-state index contributed by atoms with van der Waals surface area (Å²) >= 11 is 0. The van der Waals surface area contributed by atoms with Crippen LogP contribution in [0.1, 0.15) is 58.9 Å². The van der Waals surface area contributed by atoms with Crippen molar-refractivity contribution < 1.29 is 18.7 Å². The van der Waals surface area contributed by atoms with E-state index in [0.717, 1.165) is 35.8 Å². The standard InChI is InChI=1S/C25H30N2O4/c1-6-19-21-23(29-17(2)12-10-11-15-20(28)31-25(3,4)5)26-16-27-24(21)30-22(19)18-13-8-7-9-14-18/h6-9,13-14,16-17H,1,10-12,15H2,2-5H3/t17-/m1/s1. The first-order chi connectivity index (χ1) is 14.8. The summed E-state index contributed by atoms with van der Waals surface area (Å²) in [6, 6.07) is 9.83. The number of furan rings is 1. The molecule has 3 aromatic rings. The highest BCUT2D eigenvalue weighted by Gasteiger charge is 2.21. The average Bonchev–Trinajstić information content (AvgIpc) is 3.10. The molecule has 0 unspecified atom stereocenters. The van der Waals surface area contributed by atoms with Gasteiger partial charge in [0, 0.05) is 17.5 Å². The Morgan fingerprint density at radius 2 is 1.94 bits per heavy atom. The Labute approximate surface area is 183 Å². The molecule has 0 radical (unpaired) electrons. The minimum absolute atomic E-state index is 0.0792. The van der Waals surface area contributed by atoms with E-state index in [1.165, 1.54) is 6.33 Å². The molecule has 0 aliphatic heterocycles. The summed E-state index contributed by atoms with van der Waals surface area (Å²) in [7, 11) is 0. The van der Waals surface area contributed by atoms with Gasteiger partial charge in [-0.1, -0.05) is 43.0 Å². The van der Waals surface area contributed by atoms with Crippen LogP contribution < -0.4 is 4.74 Å². The van der Waals surface area contributed by atoms with Crippen LogP contribution in [0.5, 0.6) is 5.88 Å². The monoisotopic (exact) mass is 422 g/mol. The summed E-state index contributed by atoms with van der Waals surface area (Å²) in [6.07, 6.45) is 5.91. The summed E-state index contributed by atoms with van der Waals surface area (Å²) in [6.45, 7) is 11.6. The maximum Gasteiger partial charge on any atom is 0.306 e. The number of hydrogen-bond donors (Lipinski definition) is 0. The Balaban J connectivity index is 1.67. The third kappa shape index (κ3) is 5.94. The molecule has 164 valence electrons. The van der Waals surface area contributed by atoms with E-state index < -0.39 is 5.60 Å². The first-order valence-corrected chi connectivity index (χ1v) is 10.6. The van der Waals surface area contributed by atoms with Gasteiger partial charge in [0.05, 0.1) is 6.10 Å². The van der Waals surface area contributed by atoms with E-state index in [-0.39, 0.29) is 12.1 Å². The number of unbranched alkanes of at least 4 members (excludes halogenated alkanes) is 1. The van der Waals surface area contributed by atoms with Gasteiger partial charge in [-0.3, -0.25) is 4.79 Å². The number of aromatic nitrogens is 2. The van der Waals surface area contributed by atoms with Gasteiger partial charge in [-0.15, -0.1) is 0 Å². The molecule has 0 bridgehead atoms. The lowest BCUT2D eigenvalue weighted by Crippen LogP contribution is -2.23. The highest BCUT2D eigenvalue weighted by molar-refractivity contribution is 5.95. The molecule has 1 atom stereocenters. The highest BCUT2D eigenvalue weighted by Crippen LogP contribution is 2.37. The smallest absolute Gasteiger partial charge is 0.306 e. The summed E-state index contributed by atoms with van der Waals surface area (Å²) in [5, 5.41) is 0.719. The first-order valence-electron chi connectivity index (χ1n) is 10.6. The van der Waals surface area contributed by atoms with E-state index >= 15 is 0 Å². The van der Waals surface area contributed by atoms with Gasteiger partial charge in [-0.25, -0.2) is 9.97 Å². The number of ether oxygens (including phenoxy) is 2. The maximum atomic E-state index is 11.8. The predicted octanol–water partition coefficient (Wildman–Crippen LogP) is 6.20. The van der Waals surface area contributed by atoms with E-state index in [9.17, 15) is 4.79 Å². The molecule has 0 saturated heterocycles. The van der Waals surface area contributed by atoms with E-state index in [4.69, 9.17) is 13.9 Å². The Bertz CT molecular complexity index is 1030. The molecule has 3 rings (SSSR count). The molecule has 0 aliphatic carbocycles. The molecule has 0 fully saturated rings. The van der Waals surface area contributed by atoms with Crippen molar-refractivity contribution in [3.05, 3.63) is 48.8 Å². The van der Waals surface area contributed by atoms with E-state index in [2.05, 4.69) is 16.5 Å². The van der Waals surface area contributed by atoms with Gasteiger partial charge in [-0.05, 0) is 47.0 Å². The lowest BCUT2D eigenvalue weighted by molar-refractivity contribution is -0.154. The topological polar surface area (TPSA) is 74.5 Å². The van der Waals surface area contributed by atoms with Gasteiger partial charge in [0.2, 0.25) is 11.6 Å². The van der Waals surface area contributed by atoms with Crippen LogP contribution in [-0.2, 0) is 9.53 Å². The molecule has 1 aromatic carbocycles. The fourth-order valence-corrected chi connectivity index (χ4v) is 3.36. The zero-order chi connectivity index (χ0) is 22.4. The molecular formula is C25H30N2O4. The Morgan fingerprint density at radius 3 is 2.61 bits per heavy atom. The predicted molar refractivity (Wildman–Crippen MR) is 122 cm³/mol. The molecule has 2 aromatic heterocycles. The van der Waals surface area contributed by atoms with Crippen molar-refractivity contribution in [2.24, 2.45) is 0 Å². The van der Waals surface area contributed by atoms with Gasteiger partial charge in [0.1, 0.15) is 23.1 Å². The molecule has 0 aliphatic rings. The second-order valence-electron chi connectivity index (χ2n) is 8.53. The Morgan fingerprint density at radius 1 is 1.19 bits per heavy atom. The van der Waals surface area contributed by atoms with Crippen molar-refractivity contribution in [3.8, 4) is 17.2 Å². The molecule has 0 N–H and O–H groups in total. The normalized spacial score (nSPS) is 12.5. The van der Waals surface area contributed by atoms with Gasteiger partial charge < -0.3 is 13.9 Å². The number of carbonyl (C=O) groups is 1. The molecule has 6 nitrogen and oxygen atoms in total. The number of hydrogen-bond acceptors (Lipinski definition) is 6. The van der Waals surface area contributed by atoms with E-state index in [0.29, 0.717) is 23.8 Å². The van der Waals surface area contributed by atoms with Gasteiger partial charge in [0.15, 0.2) is 0 Å². The van der Waals surface area contributed by atoms with Crippen molar-refractivity contribution >= 4 is 23.1 Å². The fourth-order valence-electron chi connectivity index (χ4n) is 3.36. The highest BCUT2D eigenvalue weighted by atomic mass is 16.6. The summed E-state index contributed by atoms with van der Waals surface area (Å²) < 4.78 is 17.5. The second kappa shape index (κ2) is 9.77. The van der Waals surface area contributed by atoms with Crippen LogP contribution in [0, 0.1) is 0 Å². The van der Waals surface area contributed by atoms with Gasteiger partial charge >= 0.3 is 5.97 Å². The van der Waals surface area contributed by atoms with Gasteiger partial charge in [0.25, 0.3) is 0 Å². The molecule has 0 amide bonds. The lowest BCUT2D eigenvalue weighted by atomic mass is 10.1. The maximum absolute atomic E-state index is 11.8. The quantitative estimate of drug-likeness (QED) is 0.302. The molecule has 6 heteroatoms. The van der Waals surface area contributed by atoms with Crippen molar-refractivity contribution in [2.75, 3.05) is 0 Å². The Kier molecular flexibility index (Phi) is 7.10. The minimum atomic E-state index is -0.446. The molecule has 0 saturated carbocycles. The van der Waals surface area contributed by atoms with Crippen LogP contribution in [0.3, 0.4) is 0 Å². The minimum Gasteiger partial charge on any atom is -0.474 e. The van der Waals surface area contributed by atoms with Crippen LogP contribution >= 0.6 is 0 Å². The van der Waals surface area contributed by atoms with Gasteiger partial charge in [-0.2, -0.15) is 0 Å². The number of carbonyl (C=O) groups excluding carboxylic acids is 1. The van der Waals surface area contributed by atoms with Crippen LogP contribution in [0.4, 0.5) is 0 Å². The number of fused-ring (bicyclic) bond motifs is 1. The zero-order valence-electron chi connectivity index (χ0n) is 18.7.